The van der Waals surface area contributed by atoms with Crippen LogP contribution in [0.15, 0.2) is 17.5 Å². The average Bonchev–Trinajstić information content (AvgIpc) is 2.93. The molecular weight excluding hydrogens is 256 g/mol. The monoisotopic (exact) mass is 272 g/mol. The van der Waals surface area contributed by atoms with Crippen molar-refractivity contribution >= 4 is 16.3 Å². The van der Waals surface area contributed by atoms with Crippen molar-refractivity contribution in [3.05, 3.63) is 39.9 Å². The fourth-order valence-electron chi connectivity index (χ4n) is 2.18. The van der Waals surface area contributed by atoms with E-state index >= 15 is 0 Å². The number of nitrogens with zero attached hydrogens (tertiary/aromatic N) is 3. The Morgan fingerprint density at radius 2 is 1.89 bits per heavy atom. The van der Waals surface area contributed by atoms with Crippen LogP contribution in [0, 0.1) is 20.8 Å². The van der Waals surface area contributed by atoms with Crippen LogP contribution >= 0.6 is 11.3 Å². The number of aryl methyl sites for hydroxylation is 3. The van der Waals surface area contributed by atoms with Gasteiger partial charge >= 0.3 is 0 Å². The molecule has 98 valence electrons. The predicted octanol–water partition coefficient (Wildman–Crippen LogP) is 2.84. The maximum atomic E-state index is 5.70. The smallest absolute Gasteiger partial charge is 0.212 e. The van der Waals surface area contributed by atoms with E-state index in [0.29, 0.717) is 6.54 Å². The van der Waals surface area contributed by atoms with Gasteiger partial charge in [0.05, 0.1) is 5.69 Å². The summed E-state index contributed by atoms with van der Waals surface area (Å²) in [5.74, 6) is 0.780. The number of thiazole rings is 1. The second kappa shape index (κ2) is 4.43. The minimum absolute atomic E-state index is 0.481. The van der Waals surface area contributed by atoms with E-state index in [1.54, 1.807) is 11.3 Å². The Hall–Kier alpha value is -1.72. The molecule has 0 fully saturated rings. The molecule has 0 unspecified atom stereocenters. The Bertz CT molecular complexity index is 754. The van der Waals surface area contributed by atoms with Gasteiger partial charge in [-0.2, -0.15) is 4.98 Å². The van der Waals surface area contributed by atoms with Gasteiger partial charge in [-0.05, 0) is 43.5 Å². The number of benzene rings is 1. The van der Waals surface area contributed by atoms with Crippen molar-refractivity contribution in [2.24, 2.45) is 5.73 Å². The second-order valence-electron chi connectivity index (χ2n) is 4.81. The molecule has 0 aliphatic rings. The van der Waals surface area contributed by atoms with Crippen LogP contribution in [-0.4, -0.2) is 14.6 Å². The van der Waals surface area contributed by atoms with Crippen molar-refractivity contribution in [1.29, 1.82) is 0 Å². The van der Waals surface area contributed by atoms with Gasteiger partial charge in [0.15, 0.2) is 5.82 Å². The lowest BCUT2D eigenvalue weighted by molar-refractivity contribution is 0.868. The molecule has 0 saturated heterocycles. The molecule has 0 radical (unpaired) electrons. The van der Waals surface area contributed by atoms with Gasteiger partial charge < -0.3 is 5.73 Å². The third-order valence-corrected chi connectivity index (χ3v) is 4.31. The number of nitrogens with two attached hydrogens (primary N) is 1. The fourth-order valence-corrected chi connectivity index (χ4v) is 3.02. The number of aromatic nitrogens is 3. The molecule has 0 atom stereocenters. The maximum absolute atomic E-state index is 5.70. The first-order chi connectivity index (χ1) is 9.10. The van der Waals surface area contributed by atoms with Gasteiger partial charge in [-0.1, -0.05) is 6.07 Å². The van der Waals surface area contributed by atoms with Crippen LogP contribution in [0.2, 0.25) is 0 Å². The highest BCUT2D eigenvalue weighted by Crippen LogP contribution is 2.26. The normalized spacial score (nSPS) is 11.4. The lowest BCUT2D eigenvalue weighted by Crippen LogP contribution is -2.01. The predicted molar refractivity (Wildman–Crippen MR) is 78.4 cm³/mol. The van der Waals surface area contributed by atoms with E-state index in [1.807, 2.05) is 9.90 Å². The van der Waals surface area contributed by atoms with Crippen LogP contribution in [0.25, 0.3) is 16.3 Å². The molecule has 0 aliphatic carbocycles. The number of hydrogen-bond acceptors (Lipinski definition) is 4. The number of rotatable bonds is 2. The van der Waals surface area contributed by atoms with Gasteiger partial charge in [-0.3, -0.25) is 0 Å². The van der Waals surface area contributed by atoms with Gasteiger partial charge in [0.2, 0.25) is 4.96 Å². The molecule has 0 aliphatic heterocycles. The molecule has 3 rings (SSSR count). The molecule has 19 heavy (non-hydrogen) atoms. The SMILES string of the molecule is Cc1cc(C)c(-c2nc3scc(CN)n3n2)cc1C. The third kappa shape index (κ3) is 1.95. The Morgan fingerprint density at radius 1 is 1.16 bits per heavy atom. The van der Waals surface area contributed by atoms with Crippen molar-refractivity contribution < 1.29 is 0 Å². The van der Waals surface area contributed by atoms with Gasteiger partial charge in [-0.15, -0.1) is 16.4 Å². The highest BCUT2D eigenvalue weighted by atomic mass is 32.1. The quantitative estimate of drug-likeness (QED) is 0.780. The topological polar surface area (TPSA) is 56.2 Å². The zero-order valence-corrected chi connectivity index (χ0v) is 12.1. The lowest BCUT2D eigenvalue weighted by Gasteiger charge is -2.06. The van der Waals surface area contributed by atoms with E-state index in [-0.39, 0.29) is 0 Å². The molecule has 0 spiro atoms. The molecular formula is C14H16N4S. The van der Waals surface area contributed by atoms with Gasteiger partial charge in [0.1, 0.15) is 0 Å². The van der Waals surface area contributed by atoms with E-state index in [2.05, 4.69) is 43.0 Å². The van der Waals surface area contributed by atoms with Crippen LogP contribution in [0.4, 0.5) is 0 Å². The Kier molecular flexibility index (Phi) is 2.88. The van der Waals surface area contributed by atoms with Crippen LogP contribution < -0.4 is 5.73 Å². The van der Waals surface area contributed by atoms with E-state index < -0.39 is 0 Å². The summed E-state index contributed by atoms with van der Waals surface area (Å²) in [4.78, 5) is 5.49. The standard InChI is InChI=1S/C14H16N4S/c1-8-4-10(3)12(5-9(8)2)13-16-14-18(17-13)11(6-15)7-19-14/h4-5,7H,6,15H2,1-3H3. The fraction of sp³-hybridized carbons (Fsp3) is 0.286. The molecule has 1 aromatic carbocycles. The highest BCUT2D eigenvalue weighted by molar-refractivity contribution is 7.15. The second-order valence-corrected chi connectivity index (χ2v) is 5.65. The molecule has 3 aromatic rings. The van der Waals surface area contributed by atoms with Crippen molar-refractivity contribution in [2.45, 2.75) is 27.3 Å². The van der Waals surface area contributed by atoms with Crippen LogP contribution in [0.3, 0.4) is 0 Å². The highest BCUT2D eigenvalue weighted by Gasteiger charge is 2.13. The molecule has 0 bridgehead atoms. The van der Waals surface area contributed by atoms with Gasteiger partial charge in [0.25, 0.3) is 0 Å². The molecule has 2 heterocycles. The summed E-state index contributed by atoms with van der Waals surface area (Å²) in [5.41, 5.74) is 11.6. The molecule has 0 amide bonds. The minimum atomic E-state index is 0.481. The number of hydrogen-bond donors (Lipinski definition) is 1. The van der Waals surface area contributed by atoms with Crippen molar-refractivity contribution in [3.63, 3.8) is 0 Å². The van der Waals surface area contributed by atoms with Crippen LogP contribution in [0.5, 0.6) is 0 Å². The van der Waals surface area contributed by atoms with E-state index in [1.165, 1.54) is 16.7 Å². The molecule has 2 N–H and O–H groups in total. The number of fused-ring (bicyclic) bond motifs is 1. The first-order valence-electron chi connectivity index (χ1n) is 6.21. The van der Waals surface area contributed by atoms with Crippen molar-refractivity contribution in [2.75, 3.05) is 0 Å². The summed E-state index contributed by atoms with van der Waals surface area (Å²) in [7, 11) is 0. The maximum Gasteiger partial charge on any atom is 0.212 e. The minimum Gasteiger partial charge on any atom is -0.325 e. The third-order valence-electron chi connectivity index (χ3n) is 3.44. The van der Waals surface area contributed by atoms with Crippen LogP contribution in [0.1, 0.15) is 22.4 Å². The molecule has 5 heteroatoms. The summed E-state index contributed by atoms with van der Waals surface area (Å²) in [6.07, 6.45) is 0. The molecule has 0 saturated carbocycles. The zero-order valence-electron chi connectivity index (χ0n) is 11.3. The Balaban J connectivity index is 2.19. The summed E-state index contributed by atoms with van der Waals surface area (Å²) >= 11 is 1.58. The van der Waals surface area contributed by atoms with E-state index in [9.17, 15) is 0 Å². The first-order valence-corrected chi connectivity index (χ1v) is 7.09. The summed E-state index contributed by atoms with van der Waals surface area (Å²) < 4.78 is 1.84. The summed E-state index contributed by atoms with van der Waals surface area (Å²) in [5, 5.41) is 6.59. The first kappa shape index (κ1) is 12.3. The van der Waals surface area contributed by atoms with Crippen molar-refractivity contribution in [3.8, 4) is 11.4 Å². The van der Waals surface area contributed by atoms with Crippen LogP contribution in [-0.2, 0) is 6.54 Å². The van der Waals surface area contributed by atoms with Crippen molar-refractivity contribution in [1.82, 2.24) is 14.6 Å². The van der Waals surface area contributed by atoms with E-state index in [4.69, 9.17) is 5.73 Å². The van der Waals surface area contributed by atoms with Gasteiger partial charge in [-0.25, -0.2) is 4.52 Å². The Labute approximate surface area is 115 Å². The molecule has 2 aromatic heterocycles. The van der Waals surface area contributed by atoms with E-state index in [0.717, 1.165) is 22.0 Å². The summed E-state index contributed by atoms with van der Waals surface area (Å²) in [6, 6.07) is 4.34. The van der Waals surface area contributed by atoms with Gasteiger partial charge in [0, 0.05) is 17.5 Å². The largest absolute Gasteiger partial charge is 0.325 e. The lowest BCUT2D eigenvalue weighted by atomic mass is 10.0. The molecule has 4 nitrogen and oxygen atoms in total. The summed E-state index contributed by atoms with van der Waals surface area (Å²) in [6.45, 7) is 6.81. The zero-order chi connectivity index (χ0) is 13.6. The average molecular weight is 272 g/mol. The Morgan fingerprint density at radius 3 is 2.63 bits per heavy atom.